The molecule has 2 heterocycles. The summed E-state index contributed by atoms with van der Waals surface area (Å²) in [5, 5.41) is 0. The lowest BCUT2D eigenvalue weighted by Gasteiger charge is -2.27. The fourth-order valence-corrected chi connectivity index (χ4v) is 6.12. The van der Waals surface area contributed by atoms with Gasteiger partial charge >= 0.3 is 0 Å². The molecule has 0 aromatic heterocycles. The fraction of sp³-hybridized carbons (Fsp3) is 0.517. The number of hydrogen-bond acceptors (Lipinski definition) is 4. The zero-order valence-corrected chi connectivity index (χ0v) is 20.7. The zero-order valence-electron chi connectivity index (χ0n) is 20.7. The third-order valence-electron chi connectivity index (χ3n) is 8.10. The molecular weight excluding hydrogens is 420 g/mol. The molecule has 1 amide bonds. The first-order chi connectivity index (χ1) is 16.4. The van der Waals surface area contributed by atoms with E-state index in [9.17, 15) is 4.79 Å². The summed E-state index contributed by atoms with van der Waals surface area (Å²) in [4.78, 5) is 22.7. The number of amides is 1. The van der Waals surface area contributed by atoms with Gasteiger partial charge in [0, 0.05) is 19.6 Å². The summed E-state index contributed by atoms with van der Waals surface area (Å²) in [6.45, 7) is 8.09. The molecule has 180 valence electrons. The van der Waals surface area contributed by atoms with Gasteiger partial charge in [-0.05, 0) is 74.2 Å². The Morgan fingerprint density at radius 3 is 2.47 bits per heavy atom. The van der Waals surface area contributed by atoms with E-state index in [4.69, 9.17) is 10.7 Å². The number of nitrogens with two attached hydrogens (primary N) is 1. The molecular formula is C29H38N4O. The van der Waals surface area contributed by atoms with Gasteiger partial charge in [-0.15, -0.1) is 0 Å². The molecule has 34 heavy (non-hydrogen) atoms. The van der Waals surface area contributed by atoms with Crippen LogP contribution in [0, 0.1) is 18.8 Å². The Kier molecular flexibility index (Phi) is 6.48. The molecule has 0 spiro atoms. The third-order valence-corrected chi connectivity index (χ3v) is 8.10. The maximum Gasteiger partial charge on any atom is 0.261 e. The van der Waals surface area contributed by atoms with Crippen LogP contribution in [0.2, 0.25) is 0 Å². The molecule has 5 rings (SSSR count). The van der Waals surface area contributed by atoms with Crippen LogP contribution in [0.1, 0.15) is 56.6 Å². The number of guanidine groups is 1. The van der Waals surface area contributed by atoms with Gasteiger partial charge in [0.1, 0.15) is 0 Å². The van der Waals surface area contributed by atoms with Crippen molar-refractivity contribution in [3.8, 4) is 11.1 Å². The highest BCUT2D eigenvalue weighted by Crippen LogP contribution is 2.36. The molecule has 2 N–H and O–H groups in total. The van der Waals surface area contributed by atoms with Gasteiger partial charge in [0.05, 0.1) is 0 Å². The average Bonchev–Trinajstić information content (AvgIpc) is 3.37. The molecule has 1 saturated heterocycles. The van der Waals surface area contributed by atoms with Crippen LogP contribution < -0.4 is 5.73 Å². The molecule has 2 atom stereocenters. The number of aliphatic imine (C=N–C) groups is 1. The molecule has 1 saturated carbocycles. The maximum atomic E-state index is 13.6. The number of nitrogens with zero attached hydrogens (tertiary/aromatic N) is 3. The van der Waals surface area contributed by atoms with E-state index < -0.39 is 5.54 Å². The van der Waals surface area contributed by atoms with Gasteiger partial charge in [-0.25, -0.2) is 4.99 Å². The second-order valence-corrected chi connectivity index (χ2v) is 10.8. The molecule has 1 aliphatic carbocycles. The number of carbonyl (C=O) groups is 1. The molecule has 5 nitrogen and oxygen atoms in total. The molecule has 5 heteroatoms. The molecule has 1 unspecified atom stereocenters. The summed E-state index contributed by atoms with van der Waals surface area (Å²) in [7, 11) is 0. The van der Waals surface area contributed by atoms with Gasteiger partial charge in [0.15, 0.2) is 11.5 Å². The molecule has 0 bridgehead atoms. The van der Waals surface area contributed by atoms with Crippen LogP contribution in [0.15, 0.2) is 53.5 Å². The van der Waals surface area contributed by atoms with Gasteiger partial charge in [-0.1, -0.05) is 67.3 Å². The Balaban J connectivity index is 1.27. The summed E-state index contributed by atoms with van der Waals surface area (Å²) in [5.41, 5.74) is 9.74. The summed E-state index contributed by atoms with van der Waals surface area (Å²) < 4.78 is 0. The van der Waals surface area contributed by atoms with Crippen molar-refractivity contribution in [2.75, 3.05) is 26.2 Å². The van der Waals surface area contributed by atoms with Crippen LogP contribution >= 0.6 is 0 Å². The van der Waals surface area contributed by atoms with Crippen LogP contribution in [0.3, 0.4) is 0 Å². The highest BCUT2D eigenvalue weighted by molar-refractivity contribution is 6.07. The lowest BCUT2D eigenvalue weighted by molar-refractivity contribution is -0.131. The molecule has 3 aliphatic rings. The van der Waals surface area contributed by atoms with Crippen molar-refractivity contribution in [3.05, 3.63) is 59.7 Å². The fourth-order valence-electron chi connectivity index (χ4n) is 6.12. The van der Waals surface area contributed by atoms with Gasteiger partial charge < -0.3 is 10.6 Å². The van der Waals surface area contributed by atoms with Gasteiger partial charge in [-0.3, -0.25) is 9.69 Å². The molecule has 2 fully saturated rings. The first-order valence-corrected chi connectivity index (χ1v) is 13.0. The van der Waals surface area contributed by atoms with Crippen LogP contribution in [0.25, 0.3) is 11.1 Å². The van der Waals surface area contributed by atoms with E-state index >= 15 is 0 Å². The number of aryl methyl sites for hydroxylation is 1. The van der Waals surface area contributed by atoms with Crippen molar-refractivity contribution >= 4 is 11.9 Å². The van der Waals surface area contributed by atoms with Crippen molar-refractivity contribution in [3.63, 3.8) is 0 Å². The van der Waals surface area contributed by atoms with Crippen molar-refractivity contribution < 1.29 is 4.79 Å². The zero-order chi connectivity index (χ0) is 23.7. The average molecular weight is 459 g/mol. The van der Waals surface area contributed by atoms with Crippen molar-refractivity contribution in [2.45, 2.75) is 57.9 Å². The smallest absolute Gasteiger partial charge is 0.261 e. The number of carbonyl (C=O) groups excluding carboxylic acids is 1. The second kappa shape index (κ2) is 9.53. The Morgan fingerprint density at radius 1 is 0.971 bits per heavy atom. The Bertz CT molecular complexity index is 1070. The maximum absolute atomic E-state index is 13.6. The summed E-state index contributed by atoms with van der Waals surface area (Å²) in [6.07, 6.45) is 8.07. The number of hydrogen-bond donors (Lipinski definition) is 1. The third kappa shape index (κ3) is 4.63. The van der Waals surface area contributed by atoms with Crippen LogP contribution in [-0.4, -0.2) is 47.8 Å². The second-order valence-electron chi connectivity index (χ2n) is 10.8. The van der Waals surface area contributed by atoms with Crippen LogP contribution in [-0.2, 0) is 10.3 Å². The van der Waals surface area contributed by atoms with Crippen molar-refractivity contribution in [2.24, 2.45) is 22.6 Å². The van der Waals surface area contributed by atoms with Crippen LogP contribution in [0.4, 0.5) is 0 Å². The number of rotatable bonds is 6. The molecule has 2 aliphatic heterocycles. The highest BCUT2D eigenvalue weighted by Gasteiger charge is 2.46. The number of benzene rings is 2. The quantitative estimate of drug-likeness (QED) is 0.667. The minimum Gasteiger partial charge on any atom is -0.369 e. The monoisotopic (exact) mass is 458 g/mol. The SMILES string of the molecule is Cc1cccc(-c2cccc(C3(C)N=C(N)N(C[C@H]4CCN(CC5CCCCC5)C4)C3=O)c2)c1. The van der Waals surface area contributed by atoms with Gasteiger partial charge in [0.25, 0.3) is 5.91 Å². The highest BCUT2D eigenvalue weighted by atomic mass is 16.2. The van der Waals surface area contributed by atoms with Crippen molar-refractivity contribution in [1.29, 1.82) is 0 Å². The summed E-state index contributed by atoms with van der Waals surface area (Å²) in [5.74, 6) is 1.68. The number of likely N-dealkylation sites (tertiary alicyclic amines) is 1. The predicted molar refractivity (Wildman–Crippen MR) is 138 cm³/mol. The topological polar surface area (TPSA) is 61.9 Å². The van der Waals surface area contributed by atoms with Gasteiger partial charge in [-0.2, -0.15) is 0 Å². The van der Waals surface area contributed by atoms with E-state index in [1.807, 2.05) is 19.1 Å². The Morgan fingerprint density at radius 2 is 1.71 bits per heavy atom. The first kappa shape index (κ1) is 23.1. The Labute approximate surface area is 204 Å². The largest absolute Gasteiger partial charge is 0.369 e. The lowest BCUT2D eigenvalue weighted by Crippen LogP contribution is -2.44. The van der Waals surface area contributed by atoms with E-state index in [-0.39, 0.29) is 5.91 Å². The summed E-state index contributed by atoms with van der Waals surface area (Å²) in [6, 6.07) is 16.6. The normalized spacial score (nSPS) is 26.3. The van der Waals surface area contributed by atoms with E-state index in [0.29, 0.717) is 18.4 Å². The van der Waals surface area contributed by atoms with E-state index in [1.54, 1.807) is 4.90 Å². The summed E-state index contributed by atoms with van der Waals surface area (Å²) >= 11 is 0. The standard InChI is InChI=1S/C29H38N4O/c1-21-8-6-11-24(16-21)25-12-7-13-26(17-25)29(2)27(34)33(28(30)31-29)20-23-14-15-32(19-23)18-22-9-4-3-5-10-22/h6-8,11-13,16-17,22-23H,3-5,9-10,14-15,18-20H2,1-2H3,(H2,30,31)/t23-,29?/m0/s1. The lowest BCUT2D eigenvalue weighted by atomic mass is 9.89. The van der Waals surface area contributed by atoms with E-state index in [2.05, 4.69) is 48.2 Å². The first-order valence-electron chi connectivity index (χ1n) is 13.0. The minimum atomic E-state index is -0.968. The van der Waals surface area contributed by atoms with E-state index in [0.717, 1.165) is 42.1 Å². The van der Waals surface area contributed by atoms with E-state index in [1.165, 1.54) is 44.2 Å². The Hall–Kier alpha value is -2.66. The van der Waals surface area contributed by atoms with Crippen molar-refractivity contribution in [1.82, 2.24) is 9.80 Å². The molecule has 2 aromatic rings. The predicted octanol–water partition coefficient (Wildman–Crippen LogP) is 4.94. The van der Waals surface area contributed by atoms with Crippen LogP contribution in [0.5, 0.6) is 0 Å². The van der Waals surface area contributed by atoms with Gasteiger partial charge in [0.2, 0.25) is 0 Å². The molecule has 0 radical (unpaired) electrons. The molecule has 2 aromatic carbocycles. The minimum absolute atomic E-state index is 0.00266.